The molecular formula is C16H17ClN6OS2. The number of nitrogens with one attached hydrogen (secondary N) is 2. The van der Waals surface area contributed by atoms with E-state index in [-0.39, 0.29) is 11.7 Å². The number of carbonyl (C=O) groups is 1. The normalized spacial score (nSPS) is 10.8. The zero-order valence-electron chi connectivity index (χ0n) is 14.4. The molecule has 0 atom stereocenters. The van der Waals surface area contributed by atoms with Gasteiger partial charge in [0.2, 0.25) is 11.0 Å². The number of aromatic nitrogens is 4. The molecule has 7 nitrogen and oxygen atoms in total. The minimum Gasteiger partial charge on any atom is -0.330 e. The molecule has 0 unspecified atom stereocenters. The molecule has 0 aliphatic carbocycles. The highest BCUT2D eigenvalue weighted by molar-refractivity contribution is 8.01. The van der Waals surface area contributed by atoms with Crippen molar-refractivity contribution in [3.05, 3.63) is 40.7 Å². The maximum atomic E-state index is 12.2. The van der Waals surface area contributed by atoms with E-state index < -0.39 is 0 Å². The summed E-state index contributed by atoms with van der Waals surface area (Å²) in [6.07, 6.45) is 0. The summed E-state index contributed by atoms with van der Waals surface area (Å²) in [4.78, 5) is 12.2. The smallest absolute Gasteiger partial charge is 0.234 e. The zero-order valence-corrected chi connectivity index (χ0v) is 16.8. The Kier molecular flexibility index (Phi) is 5.80. The van der Waals surface area contributed by atoms with Crippen molar-refractivity contribution in [3.8, 4) is 0 Å². The van der Waals surface area contributed by atoms with Gasteiger partial charge in [0, 0.05) is 17.8 Å². The number of thioether (sulfide) groups is 1. The molecule has 0 aliphatic heterocycles. The predicted octanol–water partition coefficient (Wildman–Crippen LogP) is 4.02. The topological polar surface area (TPSA) is 84.7 Å². The van der Waals surface area contributed by atoms with E-state index >= 15 is 0 Å². The number of halogens is 1. The van der Waals surface area contributed by atoms with E-state index in [4.69, 9.17) is 11.6 Å². The standard InChI is InChI=1S/C16H17ClN6OS2/c1-9-14(10(2)23(3)22-9)19-13(24)8-25-16-21-20-15(26-16)18-12-6-4-5-11(17)7-12/h4-7H,8H2,1-3H3,(H,18,20)(H,19,24). The van der Waals surface area contributed by atoms with E-state index in [1.54, 1.807) is 10.7 Å². The van der Waals surface area contributed by atoms with Gasteiger partial charge in [-0.1, -0.05) is 40.8 Å². The number of aryl methyl sites for hydroxylation is 2. The van der Waals surface area contributed by atoms with Gasteiger partial charge < -0.3 is 10.6 Å². The van der Waals surface area contributed by atoms with Crippen LogP contribution in [0.5, 0.6) is 0 Å². The number of carbonyl (C=O) groups excluding carboxylic acids is 1. The van der Waals surface area contributed by atoms with E-state index in [1.165, 1.54) is 23.1 Å². The lowest BCUT2D eigenvalue weighted by molar-refractivity contribution is -0.113. The van der Waals surface area contributed by atoms with Gasteiger partial charge in [0.25, 0.3) is 0 Å². The third kappa shape index (κ3) is 4.54. The maximum absolute atomic E-state index is 12.2. The van der Waals surface area contributed by atoms with Crippen LogP contribution in [0, 0.1) is 13.8 Å². The minimum atomic E-state index is -0.103. The molecule has 0 saturated heterocycles. The third-order valence-corrected chi connectivity index (χ3v) is 5.79. The summed E-state index contributed by atoms with van der Waals surface area (Å²) < 4.78 is 2.46. The quantitative estimate of drug-likeness (QED) is 0.599. The van der Waals surface area contributed by atoms with Gasteiger partial charge in [0.15, 0.2) is 4.34 Å². The predicted molar refractivity (Wildman–Crippen MR) is 107 cm³/mol. The van der Waals surface area contributed by atoms with Crippen molar-refractivity contribution in [1.82, 2.24) is 20.0 Å². The molecule has 0 bridgehead atoms. The van der Waals surface area contributed by atoms with Gasteiger partial charge >= 0.3 is 0 Å². The lowest BCUT2D eigenvalue weighted by Crippen LogP contribution is -2.15. The molecule has 1 aromatic carbocycles. The fourth-order valence-electron chi connectivity index (χ4n) is 2.27. The number of nitrogens with zero attached hydrogens (tertiary/aromatic N) is 4. The summed E-state index contributed by atoms with van der Waals surface area (Å²) in [6.45, 7) is 3.79. The van der Waals surface area contributed by atoms with Gasteiger partial charge in [0.05, 0.1) is 22.8 Å². The van der Waals surface area contributed by atoms with Gasteiger partial charge in [0.1, 0.15) is 0 Å². The van der Waals surface area contributed by atoms with E-state index in [1.807, 2.05) is 39.1 Å². The fourth-order valence-corrected chi connectivity index (χ4v) is 4.03. The molecule has 1 amide bonds. The largest absolute Gasteiger partial charge is 0.330 e. The summed E-state index contributed by atoms with van der Waals surface area (Å²) in [6, 6.07) is 7.36. The van der Waals surface area contributed by atoms with Crippen LogP contribution in [-0.4, -0.2) is 31.6 Å². The van der Waals surface area contributed by atoms with Gasteiger partial charge in [-0.05, 0) is 32.0 Å². The van der Waals surface area contributed by atoms with Gasteiger partial charge in [-0.25, -0.2) is 0 Å². The van der Waals surface area contributed by atoms with Crippen LogP contribution in [0.3, 0.4) is 0 Å². The second kappa shape index (κ2) is 8.07. The average molecular weight is 409 g/mol. The third-order valence-electron chi connectivity index (χ3n) is 3.58. The lowest BCUT2D eigenvalue weighted by atomic mass is 10.3. The first kappa shape index (κ1) is 18.7. The molecule has 3 aromatic rings. The van der Waals surface area contributed by atoms with Crippen LogP contribution < -0.4 is 10.6 Å². The summed E-state index contributed by atoms with van der Waals surface area (Å²) in [5.74, 6) is 0.147. The van der Waals surface area contributed by atoms with Crippen LogP contribution in [0.2, 0.25) is 5.02 Å². The first-order chi connectivity index (χ1) is 12.4. The summed E-state index contributed by atoms with van der Waals surface area (Å²) in [7, 11) is 1.85. The molecule has 0 saturated carbocycles. The van der Waals surface area contributed by atoms with E-state index in [0.717, 1.165) is 22.8 Å². The molecular weight excluding hydrogens is 392 g/mol. The zero-order chi connectivity index (χ0) is 18.7. The van der Waals surface area contributed by atoms with Crippen LogP contribution >= 0.6 is 34.7 Å². The van der Waals surface area contributed by atoms with Gasteiger partial charge in [-0.2, -0.15) is 5.10 Å². The van der Waals surface area contributed by atoms with Gasteiger partial charge in [-0.3, -0.25) is 9.48 Å². The Hall–Kier alpha value is -2.10. The van der Waals surface area contributed by atoms with Crippen LogP contribution in [-0.2, 0) is 11.8 Å². The van der Waals surface area contributed by atoms with E-state index in [2.05, 4.69) is 25.9 Å². The van der Waals surface area contributed by atoms with Crippen LogP contribution in [0.25, 0.3) is 0 Å². The first-order valence-corrected chi connectivity index (χ1v) is 9.89. The Morgan fingerprint density at radius 2 is 2.15 bits per heavy atom. The number of hydrogen-bond acceptors (Lipinski definition) is 7. The molecule has 2 heterocycles. The highest BCUT2D eigenvalue weighted by atomic mass is 35.5. The number of hydrogen-bond donors (Lipinski definition) is 2. The number of anilines is 3. The van der Waals surface area contributed by atoms with Crippen molar-refractivity contribution in [2.24, 2.45) is 7.05 Å². The first-order valence-electron chi connectivity index (χ1n) is 7.71. The van der Waals surface area contributed by atoms with E-state index in [9.17, 15) is 4.79 Å². The Morgan fingerprint density at radius 3 is 2.85 bits per heavy atom. The molecule has 2 N–H and O–H groups in total. The van der Waals surface area contributed by atoms with Crippen LogP contribution in [0.1, 0.15) is 11.4 Å². The molecule has 136 valence electrons. The van der Waals surface area contributed by atoms with Crippen molar-refractivity contribution in [2.45, 2.75) is 18.2 Å². The highest BCUT2D eigenvalue weighted by Crippen LogP contribution is 2.28. The lowest BCUT2D eigenvalue weighted by Gasteiger charge is -2.04. The average Bonchev–Trinajstić information content (AvgIpc) is 3.13. The summed E-state index contributed by atoms with van der Waals surface area (Å²) in [5.41, 5.74) is 3.32. The van der Waals surface area contributed by atoms with E-state index in [0.29, 0.717) is 14.5 Å². The SMILES string of the molecule is Cc1nn(C)c(C)c1NC(=O)CSc1nnc(Nc2cccc(Cl)c2)s1. The van der Waals surface area contributed by atoms with Crippen molar-refractivity contribution < 1.29 is 4.79 Å². The molecule has 3 rings (SSSR count). The Labute approximate surface area is 164 Å². The van der Waals surface area contributed by atoms with Crippen molar-refractivity contribution >= 4 is 57.1 Å². The summed E-state index contributed by atoms with van der Waals surface area (Å²) >= 11 is 8.69. The molecule has 0 spiro atoms. The van der Waals surface area contributed by atoms with Crippen LogP contribution in [0.15, 0.2) is 28.6 Å². The molecule has 10 heteroatoms. The van der Waals surface area contributed by atoms with Gasteiger partial charge in [-0.15, -0.1) is 10.2 Å². The fraction of sp³-hybridized carbons (Fsp3) is 0.250. The Morgan fingerprint density at radius 1 is 1.35 bits per heavy atom. The van der Waals surface area contributed by atoms with Crippen LogP contribution in [0.4, 0.5) is 16.5 Å². The molecule has 0 radical (unpaired) electrons. The molecule has 26 heavy (non-hydrogen) atoms. The molecule has 2 aromatic heterocycles. The molecule has 0 aliphatic rings. The second-order valence-electron chi connectivity index (χ2n) is 5.51. The Bertz CT molecular complexity index is 939. The second-order valence-corrected chi connectivity index (χ2v) is 8.15. The Balaban J connectivity index is 1.55. The molecule has 0 fully saturated rings. The maximum Gasteiger partial charge on any atom is 0.234 e. The van der Waals surface area contributed by atoms with Crippen molar-refractivity contribution in [3.63, 3.8) is 0 Å². The number of amides is 1. The highest BCUT2D eigenvalue weighted by Gasteiger charge is 2.14. The minimum absolute atomic E-state index is 0.103. The number of rotatable bonds is 6. The number of benzene rings is 1. The van der Waals surface area contributed by atoms with Crippen molar-refractivity contribution in [2.75, 3.05) is 16.4 Å². The van der Waals surface area contributed by atoms with Crippen molar-refractivity contribution in [1.29, 1.82) is 0 Å². The summed E-state index contributed by atoms with van der Waals surface area (Å²) in [5, 5.41) is 19.8. The monoisotopic (exact) mass is 408 g/mol.